The van der Waals surface area contributed by atoms with Gasteiger partial charge in [-0.2, -0.15) is 4.99 Å². The van der Waals surface area contributed by atoms with Gasteiger partial charge in [-0.05, 0) is 30.5 Å². The number of aryl methyl sites for hydroxylation is 1. The standard InChI is InChI=1S/C18H17N5O2/c1-11-9-21-16(10-20-11)17(24)22-13-7-6-12-4-3-5-15(14(12)8-13)23-18(19)25-2/h3-10H,1-2H3,(H2,19,23)(H,22,24). The third-order valence-electron chi connectivity index (χ3n) is 3.57. The fourth-order valence-corrected chi connectivity index (χ4v) is 2.30. The van der Waals surface area contributed by atoms with Gasteiger partial charge < -0.3 is 15.8 Å². The highest BCUT2D eigenvalue weighted by molar-refractivity contribution is 6.05. The van der Waals surface area contributed by atoms with Gasteiger partial charge >= 0.3 is 0 Å². The molecule has 3 aromatic rings. The molecule has 0 fully saturated rings. The largest absolute Gasteiger partial charge is 0.469 e. The number of ether oxygens (including phenoxy) is 1. The molecule has 0 aliphatic carbocycles. The van der Waals surface area contributed by atoms with E-state index in [-0.39, 0.29) is 17.6 Å². The number of nitrogens with one attached hydrogen (secondary N) is 1. The third kappa shape index (κ3) is 3.72. The average molecular weight is 335 g/mol. The van der Waals surface area contributed by atoms with E-state index in [0.29, 0.717) is 11.4 Å². The lowest BCUT2D eigenvalue weighted by molar-refractivity contribution is 0.102. The highest BCUT2D eigenvalue weighted by Gasteiger charge is 2.09. The van der Waals surface area contributed by atoms with E-state index in [1.807, 2.05) is 43.3 Å². The molecule has 7 heteroatoms. The Balaban J connectivity index is 1.93. The number of benzene rings is 2. The van der Waals surface area contributed by atoms with E-state index in [2.05, 4.69) is 20.3 Å². The number of hydrogen-bond acceptors (Lipinski definition) is 5. The van der Waals surface area contributed by atoms with Crippen LogP contribution in [0.5, 0.6) is 0 Å². The number of amides is 1. The number of rotatable bonds is 3. The molecule has 3 N–H and O–H groups in total. The van der Waals surface area contributed by atoms with Crippen molar-refractivity contribution in [1.29, 1.82) is 0 Å². The molecule has 0 unspecified atom stereocenters. The van der Waals surface area contributed by atoms with Gasteiger partial charge in [-0.3, -0.25) is 9.78 Å². The molecule has 0 spiro atoms. The van der Waals surface area contributed by atoms with Crippen molar-refractivity contribution in [3.8, 4) is 0 Å². The fourth-order valence-electron chi connectivity index (χ4n) is 2.30. The van der Waals surface area contributed by atoms with E-state index in [9.17, 15) is 4.79 Å². The normalized spacial score (nSPS) is 11.4. The lowest BCUT2D eigenvalue weighted by atomic mass is 10.1. The van der Waals surface area contributed by atoms with Gasteiger partial charge in [-0.25, -0.2) is 4.98 Å². The first-order valence-corrected chi connectivity index (χ1v) is 7.58. The van der Waals surface area contributed by atoms with E-state index in [1.165, 1.54) is 13.3 Å². The highest BCUT2D eigenvalue weighted by atomic mass is 16.5. The molecule has 0 atom stereocenters. The van der Waals surface area contributed by atoms with Gasteiger partial charge in [0.05, 0.1) is 24.7 Å². The summed E-state index contributed by atoms with van der Waals surface area (Å²) in [4.78, 5) is 24.7. The summed E-state index contributed by atoms with van der Waals surface area (Å²) in [7, 11) is 1.46. The van der Waals surface area contributed by atoms with Gasteiger partial charge in [0.1, 0.15) is 5.69 Å². The Labute approximate surface area is 144 Å². The molecular weight excluding hydrogens is 318 g/mol. The number of aliphatic imine (C=N–C) groups is 1. The SMILES string of the molecule is COC(N)=Nc1cccc2ccc(NC(=O)c3cnc(C)cn3)cc12. The molecule has 2 aromatic carbocycles. The van der Waals surface area contributed by atoms with Crippen molar-refractivity contribution in [2.24, 2.45) is 10.7 Å². The van der Waals surface area contributed by atoms with Crippen LogP contribution in [-0.2, 0) is 4.74 Å². The number of carbonyl (C=O) groups excluding carboxylic acids is 1. The average Bonchev–Trinajstić information content (AvgIpc) is 2.62. The number of fused-ring (bicyclic) bond motifs is 1. The molecule has 1 amide bonds. The molecule has 0 aliphatic heterocycles. The van der Waals surface area contributed by atoms with Crippen LogP contribution >= 0.6 is 0 Å². The number of anilines is 1. The predicted molar refractivity (Wildman–Crippen MR) is 97.0 cm³/mol. The van der Waals surface area contributed by atoms with Gasteiger partial charge in [0.2, 0.25) is 0 Å². The summed E-state index contributed by atoms with van der Waals surface area (Å²) in [5, 5.41) is 4.63. The first kappa shape index (κ1) is 16.4. The second-order valence-electron chi connectivity index (χ2n) is 5.36. The number of nitrogens with two attached hydrogens (primary N) is 1. The molecule has 0 saturated heterocycles. The van der Waals surface area contributed by atoms with Crippen LogP contribution in [0.15, 0.2) is 53.8 Å². The van der Waals surface area contributed by atoms with Crippen molar-refractivity contribution in [2.75, 3.05) is 12.4 Å². The quantitative estimate of drug-likeness (QED) is 0.566. The van der Waals surface area contributed by atoms with E-state index >= 15 is 0 Å². The van der Waals surface area contributed by atoms with Crippen molar-refractivity contribution < 1.29 is 9.53 Å². The Hall–Kier alpha value is -3.48. The highest BCUT2D eigenvalue weighted by Crippen LogP contribution is 2.28. The second kappa shape index (κ2) is 6.96. The van der Waals surface area contributed by atoms with E-state index in [0.717, 1.165) is 16.5 Å². The lowest BCUT2D eigenvalue weighted by Gasteiger charge is -2.08. The van der Waals surface area contributed by atoms with E-state index < -0.39 is 0 Å². The van der Waals surface area contributed by atoms with Crippen LogP contribution in [0.2, 0.25) is 0 Å². The molecule has 0 radical (unpaired) electrons. The van der Waals surface area contributed by atoms with Crippen molar-refractivity contribution in [3.05, 3.63) is 60.2 Å². The summed E-state index contributed by atoms with van der Waals surface area (Å²) in [5.74, 6) is -0.329. The predicted octanol–water partition coefficient (Wildman–Crippen LogP) is 2.78. The van der Waals surface area contributed by atoms with Gasteiger partial charge in [0, 0.05) is 17.3 Å². The number of carbonyl (C=O) groups is 1. The molecule has 1 heterocycles. The third-order valence-corrected chi connectivity index (χ3v) is 3.57. The second-order valence-corrected chi connectivity index (χ2v) is 5.36. The molecule has 3 rings (SSSR count). The number of hydrogen-bond donors (Lipinski definition) is 2. The maximum atomic E-state index is 12.3. The Morgan fingerprint density at radius 3 is 2.76 bits per heavy atom. The number of nitrogens with zero attached hydrogens (tertiary/aromatic N) is 3. The van der Waals surface area contributed by atoms with Crippen LogP contribution in [0.4, 0.5) is 11.4 Å². The summed E-state index contributed by atoms with van der Waals surface area (Å²) in [6, 6.07) is 11.3. The number of amidine groups is 1. The molecule has 1 aromatic heterocycles. The van der Waals surface area contributed by atoms with Crippen LogP contribution < -0.4 is 11.1 Å². The van der Waals surface area contributed by atoms with Gasteiger partial charge in [-0.1, -0.05) is 18.2 Å². The minimum Gasteiger partial charge on any atom is -0.469 e. The minimum absolute atomic E-state index is 0.0665. The first-order chi connectivity index (χ1) is 12.1. The topological polar surface area (TPSA) is 102 Å². The fraction of sp³-hybridized carbons (Fsp3) is 0.111. The smallest absolute Gasteiger partial charge is 0.286 e. The summed E-state index contributed by atoms with van der Waals surface area (Å²) in [5.41, 5.74) is 7.93. The molecule has 0 saturated carbocycles. The number of aromatic nitrogens is 2. The Bertz CT molecular complexity index is 951. The van der Waals surface area contributed by atoms with Crippen molar-refractivity contribution in [1.82, 2.24) is 9.97 Å². The zero-order valence-electron chi connectivity index (χ0n) is 13.9. The Kier molecular flexibility index (Phi) is 4.56. The molecule has 0 bridgehead atoms. The van der Waals surface area contributed by atoms with Gasteiger partial charge in [-0.15, -0.1) is 0 Å². The maximum absolute atomic E-state index is 12.3. The molecule has 126 valence electrons. The number of methoxy groups -OCH3 is 1. The van der Waals surface area contributed by atoms with E-state index in [1.54, 1.807) is 6.20 Å². The molecular formula is C18H17N5O2. The maximum Gasteiger partial charge on any atom is 0.286 e. The van der Waals surface area contributed by atoms with Crippen LogP contribution in [0.3, 0.4) is 0 Å². The summed E-state index contributed by atoms with van der Waals surface area (Å²) in [6.45, 7) is 1.81. The van der Waals surface area contributed by atoms with Crippen molar-refractivity contribution in [3.63, 3.8) is 0 Å². The molecule has 0 aliphatic rings. The zero-order valence-corrected chi connectivity index (χ0v) is 13.9. The van der Waals surface area contributed by atoms with Crippen LogP contribution in [0, 0.1) is 6.92 Å². The van der Waals surface area contributed by atoms with Crippen LogP contribution in [-0.4, -0.2) is 29.0 Å². The molecule has 25 heavy (non-hydrogen) atoms. The monoisotopic (exact) mass is 335 g/mol. The molecule has 7 nitrogen and oxygen atoms in total. The van der Waals surface area contributed by atoms with Crippen LogP contribution in [0.25, 0.3) is 10.8 Å². The summed E-state index contributed by atoms with van der Waals surface area (Å²) in [6.07, 6.45) is 3.00. The van der Waals surface area contributed by atoms with Crippen molar-refractivity contribution >= 4 is 34.1 Å². The van der Waals surface area contributed by atoms with E-state index in [4.69, 9.17) is 10.5 Å². The van der Waals surface area contributed by atoms with Crippen molar-refractivity contribution in [2.45, 2.75) is 6.92 Å². The Morgan fingerprint density at radius 2 is 2.04 bits per heavy atom. The van der Waals surface area contributed by atoms with Crippen LogP contribution in [0.1, 0.15) is 16.2 Å². The summed E-state index contributed by atoms with van der Waals surface area (Å²) >= 11 is 0. The minimum atomic E-state index is -0.329. The first-order valence-electron chi connectivity index (χ1n) is 7.58. The Morgan fingerprint density at radius 1 is 1.20 bits per heavy atom. The summed E-state index contributed by atoms with van der Waals surface area (Å²) < 4.78 is 4.91. The van der Waals surface area contributed by atoms with Gasteiger partial charge in [0.25, 0.3) is 11.9 Å². The lowest BCUT2D eigenvalue weighted by Crippen LogP contribution is -2.14. The zero-order chi connectivity index (χ0) is 17.8. The van der Waals surface area contributed by atoms with Gasteiger partial charge in [0.15, 0.2) is 0 Å².